The van der Waals surface area contributed by atoms with Gasteiger partial charge in [0.15, 0.2) is 6.29 Å². The summed E-state index contributed by atoms with van der Waals surface area (Å²) in [5, 5.41) is 8.54. The minimum Gasteiger partial charge on any atom is -0.478 e. The van der Waals surface area contributed by atoms with Crippen molar-refractivity contribution in [3.8, 4) is 5.75 Å². The van der Waals surface area contributed by atoms with Crippen molar-refractivity contribution in [2.24, 2.45) is 5.90 Å². The van der Waals surface area contributed by atoms with E-state index in [0.29, 0.717) is 12.0 Å². The molecule has 5 heteroatoms. The number of nitrogens with two attached hydrogens (primary N) is 1. The van der Waals surface area contributed by atoms with E-state index in [1.165, 1.54) is 12.1 Å². The Morgan fingerprint density at radius 3 is 2.05 bits per heavy atom. The summed E-state index contributed by atoms with van der Waals surface area (Å²) in [4.78, 5) is 25.1. The molecule has 19 heavy (non-hydrogen) atoms. The van der Waals surface area contributed by atoms with Crippen molar-refractivity contribution < 1.29 is 19.5 Å². The molecule has 0 atom stereocenters. The predicted molar refractivity (Wildman–Crippen MR) is 70.0 cm³/mol. The topological polar surface area (TPSA) is 89.6 Å². The van der Waals surface area contributed by atoms with E-state index in [1.54, 1.807) is 24.3 Å². The molecule has 0 aliphatic carbocycles. The molecular formula is C14H13NO4. The van der Waals surface area contributed by atoms with Crippen LogP contribution >= 0.6 is 0 Å². The van der Waals surface area contributed by atoms with Crippen LogP contribution in [0.5, 0.6) is 5.75 Å². The first-order valence-electron chi connectivity index (χ1n) is 5.38. The van der Waals surface area contributed by atoms with E-state index in [1.807, 2.05) is 18.2 Å². The van der Waals surface area contributed by atoms with E-state index in [4.69, 9.17) is 11.0 Å². The van der Waals surface area contributed by atoms with Crippen molar-refractivity contribution in [1.29, 1.82) is 0 Å². The summed E-state index contributed by atoms with van der Waals surface area (Å²) in [6.07, 6.45) is 0.531. The maximum atomic E-state index is 10.4. The molecule has 5 nitrogen and oxygen atoms in total. The summed E-state index contributed by atoms with van der Waals surface area (Å²) in [7, 11) is 0. The highest BCUT2D eigenvalue weighted by molar-refractivity contribution is 5.96. The van der Waals surface area contributed by atoms with Gasteiger partial charge in [0, 0.05) is 5.56 Å². The van der Waals surface area contributed by atoms with Crippen LogP contribution in [0.4, 0.5) is 0 Å². The summed E-state index contributed by atoms with van der Waals surface area (Å²) in [5.74, 6) is 4.46. The van der Waals surface area contributed by atoms with Gasteiger partial charge in [0.1, 0.15) is 5.75 Å². The third kappa shape index (κ3) is 4.61. The van der Waals surface area contributed by atoms with Gasteiger partial charge in [-0.1, -0.05) is 36.4 Å². The molecule has 0 saturated heterocycles. The van der Waals surface area contributed by atoms with Crippen LogP contribution in [0.15, 0.2) is 54.6 Å². The molecule has 98 valence electrons. The molecule has 0 amide bonds. The Bertz CT molecular complexity index is 540. The highest BCUT2D eigenvalue weighted by Crippen LogP contribution is 2.05. The number of benzene rings is 2. The molecule has 0 saturated carbocycles. The van der Waals surface area contributed by atoms with Gasteiger partial charge in [-0.25, -0.2) is 4.79 Å². The average Bonchev–Trinajstić information content (AvgIpc) is 2.48. The Hall–Kier alpha value is -2.66. The lowest BCUT2D eigenvalue weighted by Gasteiger charge is -1.95. The first-order chi connectivity index (χ1) is 9.19. The van der Waals surface area contributed by atoms with Crippen molar-refractivity contribution in [2.75, 3.05) is 0 Å². The van der Waals surface area contributed by atoms with Crippen molar-refractivity contribution >= 4 is 12.3 Å². The standard InChI is InChI=1S/C8H6O3.C6H7NO/c9-5-6-3-1-2-4-7(6)8(10)11;7-8-6-4-2-1-3-5-6/h1-5H,(H,10,11);1-5H,7H2. The number of para-hydroxylation sites is 1. The Kier molecular flexibility index (Phi) is 5.78. The second-order valence-electron chi connectivity index (χ2n) is 3.44. The van der Waals surface area contributed by atoms with Crippen molar-refractivity contribution in [1.82, 2.24) is 0 Å². The highest BCUT2D eigenvalue weighted by atomic mass is 16.6. The van der Waals surface area contributed by atoms with Gasteiger partial charge < -0.3 is 9.94 Å². The van der Waals surface area contributed by atoms with Gasteiger partial charge in [-0.2, -0.15) is 5.90 Å². The summed E-state index contributed by atoms with van der Waals surface area (Å²) in [5.41, 5.74) is 0.252. The third-order valence-corrected chi connectivity index (χ3v) is 2.20. The van der Waals surface area contributed by atoms with E-state index in [2.05, 4.69) is 4.84 Å². The number of aromatic carboxylic acids is 1. The fourth-order valence-electron chi connectivity index (χ4n) is 1.29. The van der Waals surface area contributed by atoms with Crippen LogP contribution in [0.1, 0.15) is 20.7 Å². The number of aldehydes is 1. The van der Waals surface area contributed by atoms with E-state index >= 15 is 0 Å². The first-order valence-corrected chi connectivity index (χ1v) is 5.38. The lowest BCUT2D eigenvalue weighted by Crippen LogP contribution is -2.00. The van der Waals surface area contributed by atoms with Crippen LogP contribution in [0, 0.1) is 0 Å². The van der Waals surface area contributed by atoms with Gasteiger partial charge in [-0.3, -0.25) is 4.79 Å². The molecule has 2 rings (SSSR count). The minimum atomic E-state index is -1.08. The summed E-state index contributed by atoms with van der Waals surface area (Å²) >= 11 is 0. The normalized spacial score (nSPS) is 8.89. The number of carbonyl (C=O) groups excluding carboxylic acids is 1. The molecule has 0 fully saturated rings. The lowest BCUT2D eigenvalue weighted by molar-refractivity contribution is 0.0694. The summed E-state index contributed by atoms with van der Waals surface area (Å²) in [6, 6.07) is 15.3. The SMILES string of the molecule is NOc1ccccc1.O=Cc1ccccc1C(=O)O. The van der Waals surface area contributed by atoms with E-state index in [0.717, 1.165) is 0 Å². The zero-order valence-electron chi connectivity index (χ0n) is 10.0. The van der Waals surface area contributed by atoms with Gasteiger partial charge in [-0.15, -0.1) is 0 Å². The molecule has 0 spiro atoms. The fraction of sp³-hybridized carbons (Fsp3) is 0. The quantitative estimate of drug-likeness (QED) is 0.651. The number of hydrogen-bond donors (Lipinski definition) is 2. The molecule has 0 unspecified atom stereocenters. The molecule has 0 radical (unpaired) electrons. The van der Waals surface area contributed by atoms with Crippen LogP contribution in [0.2, 0.25) is 0 Å². The van der Waals surface area contributed by atoms with Gasteiger partial charge in [0.05, 0.1) is 5.56 Å². The molecule has 0 aliphatic heterocycles. The van der Waals surface area contributed by atoms with Crippen molar-refractivity contribution in [3.05, 3.63) is 65.7 Å². The predicted octanol–water partition coefficient (Wildman–Crippen LogP) is 2.14. The Morgan fingerprint density at radius 1 is 1.05 bits per heavy atom. The van der Waals surface area contributed by atoms with Crippen LogP contribution < -0.4 is 10.7 Å². The largest absolute Gasteiger partial charge is 0.478 e. The maximum absolute atomic E-state index is 10.4. The fourth-order valence-corrected chi connectivity index (χ4v) is 1.29. The molecule has 2 aromatic rings. The van der Waals surface area contributed by atoms with Gasteiger partial charge in [0.25, 0.3) is 0 Å². The Balaban J connectivity index is 0.000000200. The third-order valence-electron chi connectivity index (χ3n) is 2.20. The lowest BCUT2D eigenvalue weighted by atomic mass is 10.1. The second-order valence-corrected chi connectivity index (χ2v) is 3.44. The zero-order chi connectivity index (χ0) is 14.1. The van der Waals surface area contributed by atoms with Gasteiger partial charge in [0.2, 0.25) is 0 Å². The van der Waals surface area contributed by atoms with Crippen molar-refractivity contribution in [2.45, 2.75) is 0 Å². The first kappa shape index (κ1) is 14.4. The molecule has 0 bridgehead atoms. The second kappa shape index (κ2) is 7.62. The number of rotatable bonds is 3. The van der Waals surface area contributed by atoms with Crippen LogP contribution in [0.3, 0.4) is 0 Å². The number of carbonyl (C=O) groups is 2. The van der Waals surface area contributed by atoms with Crippen LogP contribution in [-0.4, -0.2) is 17.4 Å². The van der Waals surface area contributed by atoms with Crippen LogP contribution in [-0.2, 0) is 0 Å². The molecule has 2 aromatic carbocycles. The monoisotopic (exact) mass is 259 g/mol. The van der Waals surface area contributed by atoms with Gasteiger partial charge >= 0.3 is 5.97 Å². The van der Waals surface area contributed by atoms with Gasteiger partial charge in [-0.05, 0) is 18.2 Å². The smallest absolute Gasteiger partial charge is 0.336 e. The number of carboxylic acid groups (broad SMARTS) is 1. The maximum Gasteiger partial charge on any atom is 0.336 e. The molecule has 3 N–H and O–H groups in total. The zero-order valence-corrected chi connectivity index (χ0v) is 10.0. The van der Waals surface area contributed by atoms with E-state index in [9.17, 15) is 9.59 Å². The molecule has 0 aromatic heterocycles. The Labute approximate surface area is 110 Å². The van der Waals surface area contributed by atoms with E-state index < -0.39 is 5.97 Å². The molecule has 0 aliphatic rings. The molecular weight excluding hydrogens is 246 g/mol. The van der Waals surface area contributed by atoms with Crippen molar-refractivity contribution in [3.63, 3.8) is 0 Å². The summed E-state index contributed by atoms with van der Waals surface area (Å²) < 4.78 is 0. The minimum absolute atomic E-state index is 0.0440. The van der Waals surface area contributed by atoms with Crippen LogP contribution in [0.25, 0.3) is 0 Å². The summed E-state index contributed by atoms with van der Waals surface area (Å²) in [6.45, 7) is 0. The highest BCUT2D eigenvalue weighted by Gasteiger charge is 2.06. The average molecular weight is 259 g/mol. The Morgan fingerprint density at radius 2 is 1.63 bits per heavy atom. The molecule has 0 heterocycles. The number of carboxylic acids is 1. The van der Waals surface area contributed by atoms with E-state index in [-0.39, 0.29) is 11.1 Å². The number of hydrogen-bond acceptors (Lipinski definition) is 4.